The van der Waals surface area contributed by atoms with E-state index in [4.69, 9.17) is 14.2 Å². The maximum Gasteiger partial charge on any atom is 0.131 e. The van der Waals surface area contributed by atoms with Gasteiger partial charge in [-0.15, -0.1) is 0 Å². The van der Waals surface area contributed by atoms with Crippen LogP contribution in [-0.4, -0.2) is 14.2 Å². The second-order valence-corrected chi connectivity index (χ2v) is 6.84. The van der Waals surface area contributed by atoms with Crippen LogP contribution in [0.15, 0.2) is 72.8 Å². The molecule has 0 spiro atoms. The van der Waals surface area contributed by atoms with Crippen LogP contribution in [0.4, 0.5) is 0 Å². The number of aryl methyl sites for hydroxylation is 1. The third-order valence-corrected chi connectivity index (χ3v) is 5.29. The van der Waals surface area contributed by atoms with Crippen molar-refractivity contribution >= 4 is 0 Å². The highest BCUT2D eigenvalue weighted by Crippen LogP contribution is 2.48. The van der Waals surface area contributed by atoms with Gasteiger partial charge in [-0.25, -0.2) is 0 Å². The van der Waals surface area contributed by atoms with E-state index in [1.807, 2.05) is 30.3 Å². The summed E-state index contributed by atoms with van der Waals surface area (Å²) in [6, 6.07) is 24.9. The van der Waals surface area contributed by atoms with Gasteiger partial charge in [0.25, 0.3) is 0 Å². The second-order valence-electron chi connectivity index (χ2n) is 6.84. The molecule has 138 valence electrons. The predicted octanol–water partition coefficient (Wildman–Crippen LogP) is 5.55. The maximum absolute atomic E-state index is 6.34. The van der Waals surface area contributed by atoms with E-state index in [1.165, 1.54) is 16.7 Å². The normalized spacial score (nSPS) is 17.9. The van der Waals surface area contributed by atoms with Crippen LogP contribution < -0.4 is 14.2 Å². The number of ether oxygens (including phenoxy) is 3. The Balaban J connectivity index is 1.57. The fourth-order valence-corrected chi connectivity index (χ4v) is 3.79. The van der Waals surface area contributed by atoms with Crippen molar-refractivity contribution in [3.63, 3.8) is 0 Å². The van der Waals surface area contributed by atoms with E-state index in [0.717, 1.165) is 30.1 Å². The molecule has 0 aromatic heterocycles. The molecule has 0 saturated carbocycles. The minimum Gasteiger partial charge on any atom is -0.497 e. The van der Waals surface area contributed by atoms with Crippen LogP contribution in [0.2, 0.25) is 0 Å². The van der Waals surface area contributed by atoms with Gasteiger partial charge in [-0.05, 0) is 54.3 Å². The molecule has 3 heteroatoms. The Morgan fingerprint density at radius 2 is 1.41 bits per heavy atom. The van der Waals surface area contributed by atoms with Crippen LogP contribution >= 0.6 is 0 Å². The van der Waals surface area contributed by atoms with E-state index in [2.05, 4.69) is 42.5 Å². The average molecular weight is 360 g/mol. The van der Waals surface area contributed by atoms with Crippen molar-refractivity contribution < 1.29 is 14.2 Å². The van der Waals surface area contributed by atoms with Gasteiger partial charge in [0.05, 0.1) is 14.2 Å². The Kier molecular flexibility index (Phi) is 5.01. The number of benzene rings is 3. The predicted molar refractivity (Wildman–Crippen MR) is 107 cm³/mol. The highest BCUT2D eigenvalue weighted by Gasteiger charge is 2.34. The molecule has 1 aliphatic rings. The van der Waals surface area contributed by atoms with Gasteiger partial charge < -0.3 is 14.2 Å². The summed E-state index contributed by atoms with van der Waals surface area (Å²) in [6.07, 6.45) is 2.06. The standard InChI is InChI=1S/C24H24O3/c1-25-19-12-7-17(8-13-19)9-16-22-21-5-3-4-6-23(21)27-24(22)18-10-14-20(26-2)15-11-18/h3-8,10-15,22,24H,9,16H2,1-2H3/t22-,24-/m1/s1. The van der Waals surface area contributed by atoms with Crippen LogP contribution in [0.3, 0.4) is 0 Å². The van der Waals surface area contributed by atoms with Gasteiger partial charge in [0.15, 0.2) is 0 Å². The van der Waals surface area contributed by atoms with Crippen molar-refractivity contribution in [3.05, 3.63) is 89.5 Å². The number of rotatable bonds is 6. The average Bonchev–Trinajstić information content (AvgIpc) is 3.11. The van der Waals surface area contributed by atoms with E-state index in [-0.39, 0.29) is 6.10 Å². The van der Waals surface area contributed by atoms with Gasteiger partial charge in [-0.1, -0.05) is 42.5 Å². The number of para-hydroxylation sites is 1. The molecule has 0 unspecified atom stereocenters. The summed E-state index contributed by atoms with van der Waals surface area (Å²) >= 11 is 0. The number of methoxy groups -OCH3 is 2. The third kappa shape index (κ3) is 3.63. The number of fused-ring (bicyclic) bond motifs is 1. The SMILES string of the molecule is COc1ccc(CC[C@@H]2c3ccccc3O[C@@H]2c2ccc(OC)cc2)cc1. The van der Waals surface area contributed by atoms with Crippen molar-refractivity contribution in [1.29, 1.82) is 0 Å². The molecule has 0 saturated heterocycles. The van der Waals surface area contributed by atoms with Crippen LogP contribution in [-0.2, 0) is 6.42 Å². The fourth-order valence-electron chi connectivity index (χ4n) is 3.79. The summed E-state index contributed by atoms with van der Waals surface area (Å²) in [5.41, 5.74) is 3.80. The van der Waals surface area contributed by atoms with Gasteiger partial charge in [0, 0.05) is 11.5 Å². The van der Waals surface area contributed by atoms with Crippen molar-refractivity contribution in [2.45, 2.75) is 24.9 Å². The summed E-state index contributed by atoms with van der Waals surface area (Å²) in [6.45, 7) is 0. The second kappa shape index (κ2) is 7.75. The first kappa shape index (κ1) is 17.5. The number of hydrogen-bond acceptors (Lipinski definition) is 3. The van der Waals surface area contributed by atoms with Gasteiger partial charge in [-0.2, -0.15) is 0 Å². The summed E-state index contributed by atoms with van der Waals surface area (Å²) < 4.78 is 16.9. The highest BCUT2D eigenvalue weighted by molar-refractivity contribution is 5.44. The molecule has 1 aliphatic heterocycles. The van der Waals surface area contributed by atoms with Crippen molar-refractivity contribution in [2.24, 2.45) is 0 Å². The topological polar surface area (TPSA) is 27.7 Å². The molecule has 0 bridgehead atoms. The van der Waals surface area contributed by atoms with Crippen LogP contribution in [0.5, 0.6) is 17.2 Å². The fraction of sp³-hybridized carbons (Fsp3) is 0.250. The summed E-state index contributed by atoms with van der Waals surface area (Å²) in [7, 11) is 3.38. The lowest BCUT2D eigenvalue weighted by Gasteiger charge is -2.20. The Labute approximate surface area is 160 Å². The Morgan fingerprint density at radius 3 is 2.07 bits per heavy atom. The summed E-state index contributed by atoms with van der Waals surface area (Å²) in [5.74, 6) is 3.09. The quantitative estimate of drug-likeness (QED) is 0.576. The minimum absolute atomic E-state index is 0.0338. The van der Waals surface area contributed by atoms with Crippen molar-refractivity contribution in [3.8, 4) is 17.2 Å². The van der Waals surface area contributed by atoms with E-state index in [0.29, 0.717) is 5.92 Å². The molecule has 0 radical (unpaired) electrons. The molecule has 2 atom stereocenters. The maximum atomic E-state index is 6.34. The first-order valence-electron chi connectivity index (χ1n) is 9.31. The van der Waals surface area contributed by atoms with E-state index in [9.17, 15) is 0 Å². The molecule has 0 fully saturated rings. The molecule has 0 aliphatic carbocycles. The monoisotopic (exact) mass is 360 g/mol. The van der Waals surface area contributed by atoms with Gasteiger partial charge in [0.2, 0.25) is 0 Å². The third-order valence-electron chi connectivity index (χ3n) is 5.29. The summed E-state index contributed by atoms with van der Waals surface area (Å²) in [5, 5.41) is 0. The smallest absolute Gasteiger partial charge is 0.131 e. The molecule has 3 aromatic carbocycles. The molecular weight excluding hydrogens is 336 g/mol. The molecular formula is C24H24O3. The van der Waals surface area contributed by atoms with Crippen molar-refractivity contribution in [1.82, 2.24) is 0 Å². The largest absolute Gasteiger partial charge is 0.497 e. The molecule has 0 amide bonds. The first-order chi connectivity index (χ1) is 13.3. The first-order valence-corrected chi connectivity index (χ1v) is 9.31. The van der Waals surface area contributed by atoms with Crippen LogP contribution in [0, 0.1) is 0 Å². The van der Waals surface area contributed by atoms with Gasteiger partial charge >= 0.3 is 0 Å². The summed E-state index contributed by atoms with van der Waals surface area (Å²) in [4.78, 5) is 0. The molecule has 1 heterocycles. The van der Waals surface area contributed by atoms with Crippen LogP contribution in [0.1, 0.15) is 35.1 Å². The number of hydrogen-bond donors (Lipinski definition) is 0. The Morgan fingerprint density at radius 1 is 0.778 bits per heavy atom. The lowest BCUT2D eigenvalue weighted by Crippen LogP contribution is -2.11. The molecule has 3 aromatic rings. The molecule has 27 heavy (non-hydrogen) atoms. The zero-order chi connectivity index (χ0) is 18.6. The van der Waals surface area contributed by atoms with Crippen LogP contribution in [0.25, 0.3) is 0 Å². The lowest BCUT2D eigenvalue weighted by molar-refractivity contribution is 0.205. The highest BCUT2D eigenvalue weighted by atomic mass is 16.5. The zero-order valence-corrected chi connectivity index (χ0v) is 15.7. The Bertz CT molecular complexity index is 884. The minimum atomic E-state index is 0.0338. The van der Waals surface area contributed by atoms with E-state index >= 15 is 0 Å². The molecule has 4 rings (SSSR count). The van der Waals surface area contributed by atoms with E-state index in [1.54, 1.807) is 14.2 Å². The molecule has 0 N–H and O–H groups in total. The zero-order valence-electron chi connectivity index (χ0n) is 15.7. The van der Waals surface area contributed by atoms with E-state index < -0.39 is 0 Å². The van der Waals surface area contributed by atoms with Crippen molar-refractivity contribution in [2.75, 3.05) is 14.2 Å². The lowest BCUT2D eigenvalue weighted by atomic mass is 9.86. The molecule has 3 nitrogen and oxygen atoms in total. The van der Waals surface area contributed by atoms with Gasteiger partial charge in [-0.3, -0.25) is 0 Å². The Hall–Kier alpha value is -2.94. The van der Waals surface area contributed by atoms with Gasteiger partial charge in [0.1, 0.15) is 23.4 Å².